The molecule has 1 N–H and O–H groups in total. The van der Waals surface area contributed by atoms with Gasteiger partial charge in [-0.1, -0.05) is 60.7 Å². The summed E-state index contributed by atoms with van der Waals surface area (Å²) in [5, 5.41) is 3.92. The van der Waals surface area contributed by atoms with E-state index in [-0.39, 0.29) is 24.8 Å². The first-order valence-electron chi connectivity index (χ1n) is 8.82. The average Bonchev–Trinajstić information content (AvgIpc) is 3.28. The number of hydrogen-bond donors (Lipinski definition) is 1. The Morgan fingerprint density at radius 1 is 1.00 bits per heavy atom. The minimum absolute atomic E-state index is 0. The summed E-state index contributed by atoms with van der Waals surface area (Å²) in [5.41, 5.74) is 3.36. The molecule has 2 aliphatic rings. The second-order valence-electron chi connectivity index (χ2n) is 7.37. The summed E-state index contributed by atoms with van der Waals surface area (Å²) < 4.78 is 0. The number of nitrogens with one attached hydrogen (secondary N) is 1. The van der Waals surface area contributed by atoms with Crippen molar-refractivity contribution >= 4 is 24.8 Å². The van der Waals surface area contributed by atoms with Gasteiger partial charge in [0.25, 0.3) is 0 Å². The molecule has 1 unspecified atom stereocenters. The number of halogens is 2. The zero-order chi connectivity index (χ0) is 15.7. The highest BCUT2D eigenvalue weighted by atomic mass is 35.5. The van der Waals surface area contributed by atoms with Crippen LogP contribution >= 0.6 is 24.8 Å². The third-order valence-electron chi connectivity index (χ3n) is 5.61. The van der Waals surface area contributed by atoms with E-state index in [1.54, 1.807) is 0 Å². The van der Waals surface area contributed by atoms with Gasteiger partial charge in [-0.15, -0.1) is 24.8 Å². The van der Waals surface area contributed by atoms with Crippen LogP contribution in [0.2, 0.25) is 0 Å². The van der Waals surface area contributed by atoms with Gasteiger partial charge in [-0.25, -0.2) is 0 Å². The molecule has 0 amide bonds. The van der Waals surface area contributed by atoms with Gasteiger partial charge in [0.15, 0.2) is 0 Å². The van der Waals surface area contributed by atoms with E-state index < -0.39 is 0 Å². The van der Waals surface area contributed by atoms with Gasteiger partial charge >= 0.3 is 0 Å². The lowest BCUT2D eigenvalue weighted by atomic mass is 9.98. The van der Waals surface area contributed by atoms with Crippen LogP contribution in [0.3, 0.4) is 0 Å². The molecule has 0 aromatic heterocycles. The van der Waals surface area contributed by atoms with E-state index in [1.807, 2.05) is 0 Å². The van der Waals surface area contributed by atoms with Crippen molar-refractivity contribution in [1.82, 2.24) is 10.2 Å². The molecule has 2 aromatic carbocycles. The van der Waals surface area contributed by atoms with Crippen molar-refractivity contribution in [1.29, 1.82) is 0 Å². The largest absolute Gasteiger partial charge is 0.306 e. The van der Waals surface area contributed by atoms with Crippen molar-refractivity contribution in [2.45, 2.75) is 38.4 Å². The highest BCUT2D eigenvalue weighted by Crippen LogP contribution is 2.53. The quantitative estimate of drug-likeness (QED) is 0.799. The number of hydrogen-bond acceptors (Lipinski definition) is 2. The molecule has 2 atom stereocenters. The zero-order valence-corrected chi connectivity index (χ0v) is 16.4. The molecule has 1 heterocycles. The van der Waals surface area contributed by atoms with Crippen LogP contribution in [-0.4, -0.2) is 24.0 Å². The van der Waals surface area contributed by atoms with Crippen molar-refractivity contribution in [2.75, 3.05) is 13.1 Å². The van der Waals surface area contributed by atoms with E-state index >= 15 is 0 Å². The third kappa shape index (κ3) is 4.57. The lowest BCUT2D eigenvalue weighted by Gasteiger charge is -2.24. The van der Waals surface area contributed by atoms with E-state index in [2.05, 4.69) is 77.8 Å². The average molecular weight is 379 g/mol. The van der Waals surface area contributed by atoms with Crippen molar-refractivity contribution in [3.8, 4) is 0 Å². The van der Waals surface area contributed by atoms with Gasteiger partial charge in [0.05, 0.1) is 0 Å². The first-order chi connectivity index (χ1) is 11.3. The lowest BCUT2D eigenvalue weighted by molar-refractivity contribution is 0.311. The Kier molecular flexibility index (Phi) is 6.93. The normalized spacial score (nSPS) is 22.0. The maximum absolute atomic E-state index is 3.92. The Bertz CT molecular complexity index is 643. The fraction of sp³-hybridized carbons (Fsp3) is 0.429. The fourth-order valence-corrected chi connectivity index (χ4v) is 4.07. The fourth-order valence-electron chi connectivity index (χ4n) is 4.07. The number of nitrogens with zero attached hydrogens (tertiary/aromatic N) is 1. The molecular formula is C21H28Cl2N2. The molecule has 2 fully saturated rings. The summed E-state index contributed by atoms with van der Waals surface area (Å²) in [6, 6.07) is 22.8. The summed E-state index contributed by atoms with van der Waals surface area (Å²) in [5.74, 6) is 0. The topological polar surface area (TPSA) is 15.3 Å². The molecular weight excluding hydrogens is 351 g/mol. The second-order valence-corrected chi connectivity index (χ2v) is 7.37. The third-order valence-corrected chi connectivity index (χ3v) is 5.61. The monoisotopic (exact) mass is 378 g/mol. The summed E-state index contributed by atoms with van der Waals surface area (Å²) in [6.45, 7) is 5.80. The van der Waals surface area contributed by atoms with Crippen LogP contribution in [0.4, 0.5) is 0 Å². The van der Waals surface area contributed by atoms with Gasteiger partial charge in [-0.05, 0) is 36.3 Å². The highest BCUT2D eigenvalue weighted by molar-refractivity contribution is 5.85. The molecule has 2 nitrogen and oxygen atoms in total. The van der Waals surface area contributed by atoms with Gasteiger partial charge in [-0.2, -0.15) is 0 Å². The molecule has 4 heteroatoms. The van der Waals surface area contributed by atoms with Crippen LogP contribution < -0.4 is 5.32 Å². The molecule has 0 bridgehead atoms. The summed E-state index contributed by atoms with van der Waals surface area (Å²) in [7, 11) is 0. The van der Waals surface area contributed by atoms with E-state index in [4.69, 9.17) is 0 Å². The highest BCUT2D eigenvalue weighted by Gasteiger charge is 2.54. The molecule has 1 saturated heterocycles. The Balaban J connectivity index is 0.00000113. The van der Waals surface area contributed by atoms with Crippen molar-refractivity contribution in [3.63, 3.8) is 0 Å². The smallest absolute Gasteiger partial charge is 0.0295 e. The number of likely N-dealkylation sites (tertiary alicyclic amines) is 1. The first-order valence-corrected chi connectivity index (χ1v) is 8.82. The minimum atomic E-state index is 0. The first kappa shape index (κ1) is 20.3. The van der Waals surface area contributed by atoms with Crippen LogP contribution in [0.15, 0.2) is 60.7 Å². The summed E-state index contributed by atoms with van der Waals surface area (Å²) >= 11 is 0. The van der Waals surface area contributed by atoms with E-state index in [1.165, 1.54) is 37.1 Å². The molecule has 1 aliphatic heterocycles. The molecule has 136 valence electrons. The van der Waals surface area contributed by atoms with Crippen LogP contribution in [-0.2, 0) is 6.54 Å². The van der Waals surface area contributed by atoms with Crippen LogP contribution in [0, 0.1) is 5.41 Å². The molecule has 25 heavy (non-hydrogen) atoms. The van der Waals surface area contributed by atoms with E-state index in [0.717, 1.165) is 6.54 Å². The summed E-state index contributed by atoms with van der Waals surface area (Å²) in [6.07, 6.45) is 2.77. The Hall–Kier alpha value is -1.06. The number of rotatable bonds is 5. The molecule has 4 rings (SSSR count). The Morgan fingerprint density at radius 3 is 2.20 bits per heavy atom. The predicted molar refractivity (Wildman–Crippen MR) is 110 cm³/mol. The maximum Gasteiger partial charge on any atom is 0.0295 e. The standard InChI is InChI=1S/C21H26N2.2ClH/c1-17(19-10-6-3-7-11-19)22-20-15-23(16-21(20)12-13-21)14-18-8-4-2-5-9-18;;/h2-11,17,20,22H,12-16H2,1H3;2*1H/t17-,20?;;/m1../s1. The lowest BCUT2D eigenvalue weighted by Crippen LogP contribution is -2.38. The van der Waals surface area contributed by atoms with E-state index in [9.17, 15) is 0 Å². The molecule has 1 aliphatic carbocycles. The minimum Gasteiger partial charge on any atom is -0.306 e. The van der Waals surface area contributed by atoms with Gasteiger partial charge < -0.3 is 5.32 Å². The Labute approximate surface area is 163 Å². The van der Waals surface area contributed by atoms with Gasteiger partial charge in [-0.3, -0.25) is 4.90 Å². The molecule has 0 radical (unpaired) electrons. The SMILES string of the molecule is C[C@@H](NC1CN(Cc2ccccc2)CC12CC2)c1ccccc1.Cl.Cl. The van der Waals surface area contributed by atoms with Gasteiger partial charge in [0, 0.05) is 31.7 Å². The summed E-state index contributed by atoms with van der Waals surface area (Å²) in [4.78, 5) is 2.64. The van der Waals surface area contributed by atoms with Crippen LogP contribution in [0.5, 0.6) is 0 Å². The molecule has 2 aromatic rings. The predicted octanol–water partition coefficient (Wildman–Crippen LogP) is 4.85. The van der Waals surface area contributed by atoms with Gasteiger partial charge in [0.2, 0.25) is 0 Å². The Morgan fingerprint density at radius 2 is 1.60 bits per heavy atom. The van der Waals surface area contributed by atoms with E-state index in [0.29, 0.717) is 17.5 Å². The second kappa shape index (κ2) is 8.55. The van der Waals surface area contributed by atoms with Crippen molar-refractivity contribution in [2.24, 2.45) is 5.41 Å². The van der Waals surface area contributed by atoms with Gasteiger partial charge in [0.1, 0.15) is 0 Å². The number of benzene rings is 2. The molecule has 1 spiro atoms. The molecule has 1 saturated carbocycles. The van der Waals surface area contributed by atoms with Crippen LogP contribution in [0.1, 0.15) is 36.9 Å². The van der Waals surface area contributed by atoms with Crippen molar-refractivity contribution in [3.05, 3.63) is 71.8 Å². The van der Waals surface area contributed by atoms with Crippen molar-refractivity contribution < 1.29 is 0 Å². The van der Waals surface area contributed by atoms with Crippen LogP contribution in [0.25, 0.3) is 0 Å². The zero-order valence-electron chi connectivity index (χ0n) is 14.7. The maximum atomic E-state index is 3.92.